The van der Waals surface area contributed by atoms with Crippen LogP contribution in [0.3, 0.4) is 0 Å². The van der Waals surface area contributed by atoms with E-state index in [2.05, 4.69) is 13.8 Å². The lowest BCUT2D eigenvalue weighted by Crippen LogP contribution is -2.22. The molecule has 0 heterocycles. The Morgan fingerprint density at radius 2 is 2.00 bits per heavy atom. The average molecular weight is 209 g/mol. The fourth-order valence-corrected chi connectivity index (χ4v) is 1.73. The summed E-state index contributed by atoms with van der Waals surface area (Å²) in [6, 6.07) is 5.31. The van der Waals surface area contributed by atoms with Crippen molar-refractivity contribution in [2.45, 2.75) is 27.2 Å². The normalized spacial score (nSPS) is 13.2. The molecule has 0 aliphatic rings. The molecular formula is C13H20FN. The molecular weight excluding hydrogens is 189 g/mol. The first-order valence-electron chi connectivity index (χ1n) is 5.49. The SMILES string of the molecule is Cc1cc(CC(CN)C(C)C)ccc1F. The number of aryl methyl sites for hydroxylation is 1. The van der Waals surface area contributed by atoms with E-state index in [4.69, 9.17) is 5.73 Å². The molecule has 1 aromatic rings. The highest BCUT2D eigenvalue weighted by molar-refractivity contribution is 5.24. The van der Waals surface area contributed by atoms with Gasteiger partial charge in [0.25, 0.3) is 0 Å². The fraction of sp³-hybridized carbons (Fsp3) is 0.538. The van der Waals surface area contributed by atoms with Crippen LogP contribution in [-0.4, -0.2) is 6.54 Å². The molecule has 0 saturated heterocycles. The van der Waals surface area contributed by atoms with Gasteiger partial charge < -0.3 is 5.73 Å². The zero-order valence-corrected chi connectivity index (χ0v) is 9.76. The van der Waals surface area contributed by atoms with Crippen molar-refractivity contribution in [3.8, 4) is 0 Å². The summed E-state index contributed by atoms with van der Waals surface area (Å²) in [5, 5.41) is 0. The van der Waals surface area contributed by atoms with Gasteiger partial charge in [0.2, 0.25) is 0 Å². The lowest BCUT2D eigenvalue weighted by atomic mass is 9.89. The van der Waals surface area contributed by atoms with E-state index in [0.29, 0.717) is 23.9 Å². The maximum absolute atomic E-state index is 13.1. The second-order valence-electron chi connectivity index (χ2n) is 4.53. The van der Waals surface area contributed by atoms with Gasteiger partial charge in [0.15, 0.2) is 0 Å². The second kappa shape index (κ2) is 5.26. The predicted molar refractivity (Wildman–Crippen MR) is 62.2 cm³/mol. The number of benzene rings is 1. The molecule has 2 N–H and O–H groups in total. The van der Waals surface area contributed by atoms with Crippen LogP contribution in [0.15, 0.2) is 18.2 Å². The molecule has 0 fully saturated rings. The minimum atomic E-state index is -0.132. The third kappa shape index (κ3) is 3.31. The summed E-state index contributed by atoms with van der Waals surface area (Å²) >= 11 is 0. The Hall–Kier alpha value is -0.890. The molecule has 0 bridgehead atoms. The number of rotatable bonds is 4. The first-order valence-corrected chi connectivity index (χ1v) is 5.49. The summed E-state index contributed by atoms with van der Waals surface area (Å²) in [6.45, 7) is 6.83. The van der Waals surface area contributed by atoms with Crippen molar-refractivity contribution < 1.29 is 4.39 Å². The van der Waals surface area contributed by atoms with Crippen LogP contribution in [0.2, 0.25) is 0 Å². The smallest absolute Gasteiger partial charge is 0.126 e. The monoisotopic (exact) mass is 209 g/mol. The van der Waals surface area contributed by atoms with Gasteiger partial charge in [-0.05, 0) is 48.9 Å². The molecule has 1 unspecified atom stereocenters. The van der Waals surface area contributed by atoms with Crippen LogP contribution in [0.4, 0.5) is 4.39 Å². The van der Waals surface area contributed by atoms with Crippen LogP contribution in [0.5, 0.6) is 0 Å². The summed E-state index contributed by atoms with van der Waals surface area (Å²) in [4.78, 5) is 0. The van der Waals surface area contributed by atoms with Crippen molar-refractivity contribution in [3.05, 3.63) is 35.1 Å². The summed E-state index contributed by atoms with van der Waals surface area (Å²) in [5.41, 5.74) is 7.61. The van der Waals surface area contributed by atoms with E-state index >= 15 is 0 Å². The molecule has 0 spiro atoms. The zero-order valence-electron chi connectivity index (χ0n) is 9.76. The van der Waals surface area contributed by atoms with Crippen molar-refractivity contribution in [1.82, 2.24) is 0 Å². The third-order valence-electron chi connectivity index (χ3n) is 2.97. The Morgan fingerprint density at radius 3 is 2.47 bits per heavy atom. The minimum Gasteiger partial charge on any atom is -0.330 e. The van der Waals surface area contributed by atoms with Gasteiger partial charge in [-0.3, -0.25) is 0 Å². The van der Waals surface area contributed by atoms with E-state index in [1.54, 1.807) is 13.0 Å². The van der Waals surface area contributed by atoms with Crippen LogP contribution in [-0.2, 0) is 6.42 Å². The molecule has 0 aromatic heterocycles. The summed E-state index contributed by atoms with van der Waals surface area (Å²) in [7, 11) is 0. The molecule has 1 aromatic carbocycles. The van der Waals surface area contributed by atoms with E-state index in [0.717, 1.165) is 6.42 Å². The highest BCUT2D eigenvalue weighted by atomic mass is 19.1. The van der Waals surface area contributed by atoms with Crippen molar-refractivity contribution >= 4 is 0 Å². The molecule has 0 amide bonds. The largest absolute Gasteiger partial charge is 0.330 e. The standard InChI is InChI=1S/C13H20FN/c1-9(2)12(8-15)7-11-4-5-13(14)10(3)6-11/h4-6,9,12H,7-8,15H2,1-3H3. The van der Waals surface area contributed by atoms with Gasteiger partial charge in [0.1, 0.15) is 5.82 Å². The third-order valence-corrected chi connectivity index (χ3v) is 2.97. The predicted octanol–water partition coefficient (Wildman–Crippen LogP) is 2.91. The second-order valence-corrected chi connectivity index (χ2v) is 4.53. The lowest BCUT2D eigenvalue weighted by Gasteiger charge is -2.19. The molecule has 2 heteroatoms. The average Bonchev–Trinajstić information content (AvgIpc) is 2.19. The fourth-order valence-electron chi connectivity index (χ4n) is 1.73. The summed E-state index contributed by atoms with van der Waals surface area (Å²) in [6.07, 6.45) is 0.940. The van der Waals surface area contributed by atoms with Crippen molar-refractivity contribution in [2.24, 2.45) is 17.6 Å². The van der Waals surface area contributed by atoms with E-state index in [9.17, 15) is 4.39 Å². The molecule has 84 valence electrons. The maximum Gasteiger partial charge on any atom is 0.126 e. The summed E-state index contributed by atoms with van der Waals surface area (Å²) < 4.78 is 13.1. The van der Waals surface area contributed by atoms with Gasteiger partial charge >= 0.3 is 0 Å². The molecule has 0 saturated carbocycles. The molecule has 1 rings (SSSR count). The maximum atomic E-state index is 13.1. The van der Waals surface area contributed by atoms with E-state index < -0.39 is 0 Å². The van der Waals surface area contributed by atoms with Crippen LogP contribution in [0.25, 0.3) is 0 Å². The van der Waals surface area contributed by atoms with Crippen molar-refractivity contribution in [2.75, 3.05) is 6.54 Å². The van der Waals surface area contributed by atoms with Gasteiger partial charge in [0.05, 0.1) is 0 Å². The molecule has 1 nitrogen and oxygen atoms in total. The number of nitrogens with two attached hydrogens (primary N) is 1. The van der Waals surface area contributed by atoms with Gasteiger partial charge in [-0.2, -0.15) is 0 Å². The van der Waals surface area contributed by atoms with Crippen molar-refractivity contribution in [1.29, 1.82) is 0 Å². The highest BCUT2D eigenvalue weighted by Gasteiger charge is 2.12. The molecule has 1 atom stereocenters. The van der Waals surface area contributed by atoms with Gasteiger partial charge in [-0.1, -0.05) is 26.0 Å². The first-order chi connectivity index (χ1) is 7.04. The summed E-state index contributed by atoms with van der Waals surface area (Å²) in [5.74, 6) is 0.919. The van der Waals surface area contributed by atoms with Crippen LogP contribution >= 0.6 is 0 Å². The van der Waals surface area contributed by atoms with Gasteiger partial charge in [0, 0.05) is 0 Å². The molecule has 0 aliphatic heterocycles. The number of halogens is 1. The quantitative estimate of drug-likeness (QED) is 0.810. The Balaban J connectivity index is 2.75. The Bertz CT molecular complexity index is 320. The zero-order chi connectivity index (χ0) is 11.4. The van der Waals surface area contributed by atoms with Gasteiger partial charge in [-0.25, -0.2) is 4.39 Å². The van der Waals surface area contributed by atoms with Gasteiger partial charge in [-0.15, -0.1) is 0 Å². The van der Waals surface area contributed by atoms with E-state index in [1.165, 1.54) is 5.56 Å². The van der Waals surface area contributed by atoms with Crippen molar-refractivity contribution in [3.63, 3.8) is 0 Å². The number of hydrogen-bond acceptors (Lipinski definition) is 1. The number of hydrogen-bond donors (Lipinski definition) is 1. The van der Waals surface area contributed by atoms with Crippen LogP contribution in [0, 0.1) is 24.6 Å². The Labute approximate surface area is 91.5 Å². The van der Waals surface area contributed by atoms with E-state index in [-0.39, 0.29) is 5.82 Å². The molecule has 0 radical (unpaired) electrons. The topological polar surface area (TPSA) is 26.0 Å². The lowest BCUT2D eigenvalue weighted by molar-refractivity contribution is 0.391. The highest BCUT2D eigenvalue weighted by Crippen LogP contribution is 2.18. The van der Waals surface area contributed by atoms with Crippen LogP contribution < -0.4 is 5.73 Å². The Morgan fingerprint density at radius 1 is 1.33 bits per heavy atom. The first kappa shape index (κ1) is 12.2. The Kier molecular flexibility index (Phi) is 4.28. The van der Waals surface area contributed by atoms with E-state index in [1.807, 2.05) is 12.1 Å². The minimum absolute atomic E-state index is 0.132. The van der Waals surface area contributed by atoms with Crippen LogP contribution in [0.1, 0.15) is 25.0 Å². The molecule has 15 heavy (non-hydrogen) atoms. The molecule has 0 aliphatic carbocycles.